The van der Waals surface area contributed by atoms with Crippen molar-refractivity contribution in [2.24, 2.45) is 0 Å². The summed E-state index contributed by atoms with van der Waals surface area (Å²) in [5.74, 6) is -0.165. The summed E-state index contributed by atoms with van der Waals surface area (Å²) in [6.07, 6.45) is 4.73. The molecule has 0 radical (unpaired) electrons. The Morgan fingerprint density at radius 1 is 1.31 bits per heavy atom. The molecule has 0 aliphatic carbocycles. The van der Waals surface area contributed by atoms with Crippen molar-refractivity contribution in [2.45, 2.75) is 40.5 Å². The lowest BCUT2D eigenvalue weighted by molar-refractivity contribution is -0.143. The normalized spacial score (nSPS) is 9.88. The molecule has 0 aliphatic heterocycles. The minimum atomic E-state index is -0.165. The Kier molecular flexibility index (Phi) is 12.6. The first-order valence-corrected chi connectivity index (χ1v) is 5.74. The van der Waals surface area contributed by atoms with Crippen LogP contribution < -0.4 is 0 Å². The molecule has 2 heteroatoms. The highest BCUT2D eigenvalue weighted by Gasteiger charge is 2.02. The highest BCUT2D eigenvalue weighted by molar-refractivity contribution is 5.69. The lowest BCUT2D eigenvalue weighted by Gasteiger charge is -2.02. The van der Waals surface area contributed by atoms with Crippen molar-refractivity contribution < 1.29 is 9.53 Å². The number of hydrogen-bond donors (Lipinski definition) is 0. The van der Waals surface area contributed by atoms with Gasteiger partial charge in [-0.15, -0.1) is 0 Å². The summed E-state index contributed by atoms with van der Waals surface area (Å²) in [6, 6.07) is 0. The summed E-state index contributed by atoms with van der Waals surface area (Å²) in [5.41, 5.74) is 1.98. The van der Waals surface area contributed by atoms with E-state index < -0.39 is 0 Å². The number of ether oxygens (including phenoxy) is 1. The maximum absolute atomic E-state index is 11.0. The zero-order valence-corrected chi connectivity index (χ0v) is 11.0. The van der Waals surface area contributed by atoms with Gasteiger partial charge in [0.25, 0.3) is 0 Å². The molecule has 0 atom stereocenters. The molecule has 0 heterocycles. The zero-order valence-electron chi connectivity index (χ0n) is 11.0. The van der Waals surface area contributed by atoms with E-state index in [1.54, 1.807) is 13.0 Å². The topological polar surface area (TPSA) is 26.3 Å². The molecule has 16 heavy (non-hydrogen) atoms. The van der Waals surface area contributed by atoms with Crippen LogP contribution in [0, 0.1) is 0 Å². The Morgan fingerprint density at radius 3 is 2.25 bits per heavy atom. The average molecular weight is 224 g/mol. The Bertz CT molecular complexity index is 249. The van der Waals surface area contributed by atoms with Crippen LogP contribution >= 0.6 is 0 Å². The van der Waals surface area contributed by atoms with Gasteiger partial charge in [0.15, 0.2) is 0 Å². The first-order chi connectivity index (χ1) is 7.60. The van der Waals surface area contributed by atoms with Gasteiger partial charge in [0.2, 0.25) is 0 Å². The van der Waals surface area contributed by atoms with Gasteiger partial charge in [-0.25, -0.2) is 0 Å². The Morgan fingerprint density at radius 2 is 1.88 bits per heavy atom. The van der Waals surface area contributed by atoms with Crippen molar-refractivity contribution in [3.63, 3.8) is 0 Å². The molecular formula is C14H24O2. The van der Waals surface area contributed by atoms with Crippen LogP contribution in [0.4, 0.5) is 0 Å². The minimum Gasteiger partial charge on any atom is -0.466 e. The van der Waals surface area contributed by atoms with Crippen molar-refractivity contribution >= 4 is 5.97 Å². The predicted octanol–water partition coefficient (Wildman–Crippen LogP) is 4.04. The average Bonchev–Trinajstić information content (AvgIpc) is 2.27. The second-order valence-corrected chi connectivity index (χ2v) is 3.07. The zero-order chi connectivity index (χ0) is 13.0. The Labute approximate surface area is 99.7 Å². The lowest BCUT2D eigenvalue weighted by Crippen LogP contribution is -2.03. The highest BCUT2D eigenvalue weighted by atomic mass is 16.5. The fourth-order valence-electron chi connectivity index (χ4n) is 1.03. The fourth-order valence-corrected chi connectivity index (χ4v) is 1.03. The molecule has 0 unspecified atom stereocenters. The van der Waals surface area contributed by atoms with Gasteiger partial charge in [0, 0.05) is 6.42 Å². The first-order valence-electron chi connectivity index (χ1n) is 5.74. The number of rotatable bonds is 6. The largest absolute Gasteiger partial charge is 0.466 e. The summed E-state index contributed by atoms with van der Waals surface area (Å²) >= 11 is 0. The van der Waals surface area contributed by atoms with Gasteiger partial charge in [-0.2, -0.15) is 0 Å². The van der Waals surface area contributed by atoms with E-state index in [0.29, 0.717) is 19.4 Å². The second-order valence-electron chi connectivity index (χ2n) is 3.07. The van der Waals surface area contributed by atoms with Crippen LogP contribution in [0.3, 0.4) is 0 Å². The third-order valence-electron chi connectivity index (χ3n) is 1.62. The number of esters is 1. The molecule has 2 nitrogen and oxygen atoms in total. The standard InChI is InChI=1S/C12H18O2.C2H6/c1-5-11(9-10(3)4)7-8-12(13)14-6-2;1-2/h5,9H,1,3,6-8H2,2,4H3;1-2H3/b11-9+;. The smallest absolute Gasteiger partial charge is 0.306 e. The molecule has 0 saturated carbocycles. The quantitative estimate of drug-likeness (QED) is 0.502. The second kappa shape index (κ2) is 11.8. The molecule has 0 rings (SSSR count). The predicted molar refractivity (Wildman–Crippen MR) is 70.3 cm³/mol. The molecule has 0 fully saturated rings. The van der Waals surface area contributed by atoms with Crippen LogP contribution in [0.5, 0.6) is 0 Å². The van der Waals surface area contributed by atoms with Gasteiger partial charge in [0.05, 0.1) is 6.61 Å². The van der Waals surface area contributed by atoms with E-state index in [4.69, 9.17) is 4.74 Å². The minimum absolute atomic E-state index is 0.165. The molecule has 0 aromatic heterocycles. The molecule has 0 aliphatic rings. The Balaban J connectivity index is 0. The molecule has 0 aromatic carbocycles. The van der Waals surface area contributed by atoms with Gasteiger partial charge in [-0.3, -0.25) is 4.79 Å². The molecule has 0 spiro atoms. The number of allylic oxidation sites excluding steroid dienone is 4. The monoisotopic (exact) mass is 224 g/mol. The van der Waals surface area contributed by atoms with E-state index in [0.717, 1.165) is 11.1 Å². The van der Waals surface area contributed by atoms with Crippen LogP contribution in [0.1, 0.15) is 40.5 Å². The molecule has 0 N–H and O–H groups in total. The van der Waals surface area contributed by atoms with E-state index in [1.165, 1.54) is 0 Å². The van der Waals surface area contributed by atoms with Gasteiger partial charge in [-0.05, 0) is 25.8 Å². The molecule has 92 valence electrons. The van der Waals surface area contributed by atoms with E-state index in [1.807, 2.05) is 26.8 Å². The summed E-state index contributed by atoms with van der Waals surface area (Å²) in [6.45, 7) is 15.6. The molecule has 0 saturated heterocycles. The van der Waals surface area contributed by atoms with E-state index >= 15 is 0 Å². The van der Waals surface area contributed by atoms with Crippen molar-refractivity contribution in [2.75, 3.05) is 6.61 Å². The summed E-state index contributed by atoms with van der Waals surface area (Å²) in [5, 5.41) is 0. The van der Waals surface area contributed by atoms with Crippen LogP contribution in [-0.2, 0) is 9.53 Å². The summed E-state index contributed by atoms with van der Waals surface area (Å²) in [7, 11) is 0. The molecular weight excluding hydrogens is 200 g/mol. The fraction of sp³-hybridized carbons (Fsp3) is 0.500. The van der Waals surface area contributed by atoms with E-state index in [2.05, 4.69) is 13.2 Å². The van der Waals surface area contributed by atoms with Gasteiger partial charge in [0.1, 0.15) is 0 Å². The van der Waals surface area contributed by atoms with Crippen molar-refractivity contribution in [1.29, 1.82) is 0 Å². The summed E-state index contributed by atoms with van der Waals surface area (Å²) < 4.78 is 4.82. The van der Waals surface area contributed by atoms with Gasteiger partial charge in [-0.1, -0.05) is 44.7 Å². The van der Waals surface area contributed by atoms with E-state index in [9.17, 15) is 4.79 Å². The molecule has 0 aromatic rings. The maximum Gasteiger partial charge on any atom is 0.306 e. The van der Waals surface area contributed by atoms with Gasteiger partial charge < -0.3 is 4.74 Å². The SMILES string of the molecule is C=C/C(=C\C(=C)C)CCC(=O)OCC.CC. The number of hydrogen-bond acceptors (Lipinski definition) is 2. The first kappa shape index (κ1) is 17.1. The van der Waals surface area contributed by atoms with Crippen LogP contribution in [-0.4, -0.2) is 12.6 Å². The Hall–Kier alpha value is -1.31. The van der Waals surface area contributed by atoms with Crippen molar-refractivity contribution in [1.82, 2.24) is 0 Å². The van der Waals surface area contributed by atoms with Crippen LogP contribution in [0.2, 0.25) is 0 Å². The number of carbonyl (C=O) groups excluding carboxylic acids is 1. The number of carbonyl (C=O) groups is 1. The van der Waals surface area contributed by atoms with E-state index in [-0.39, 0.29) is 5.97 Å². The highest BCUT2D eigenvalue weighted by Crippen LogP contribution is 2.09. The van der Waals surface area contributed by atoms with Crippen molar-refractivity contribution in [3.05, 3.63) is 36.5 Å². The summed E-state index contributed by atoms with van der Waals surface area (Å²) in [4.78, 5) is 11.0. The molecule has 0 bridgehead atoms. The third-order valence-corrected chi connectivity index (χ3v) is 1.62. The maximum atomic E-state index is 11.0. The van der Waals surface area contributed by atoms with Gasteiger partial charge >= 0.3 is 5.97 Å². The molecule has 0 amide bonds. The lowest BCUT2D eigenvalue weighted by atomic mass is 10.1. The third kappa shape index (κ3) is 10.8. The van der Waals surface area contributed by atoms with Crippen LogP contribution in [0.25, 0.3) is 0 Å². The van der Waals surface area contributed by atoms with Crippen molar-refractivity contribution in [3.8, 4) is 0 Å². The van der Waals surface area contributed by atoms with Crippen LogP contribution in [0.15, 0.2) is 36.5 Å².